The molecule has 0 saturated carbocycles. The summed E-state index contributed by atoms with van der Waals surface area (Å²) in [6.45, 7) is 2.45. The molecule has 0 spiro atoms. The molecule has 0 radical (unpaired) electrons. The van der Waals surface area contributed by atoms with Gasteiger partial charge in [0.2, 0.25) is 5.91 Å². The number of ether oxygens (including phenoxy) is 1. The summed E-state index contributed by atoms with van der Waals surface area (Å²) in [6, 6.07) is 9.10. The van der Waals surface area contributed by atoms with E-state index in [1.807, 2.05) is 37.3 Å². The van der Waals surface area contributed by atoms with Crippen molar-refractivity contribution in [3.8, 4) is 0 Å². The average molecular weight is 278 g/mol. The summed E-state index contributed by atoms with van der Waals surface area (Å²) < 4.78 is 4.60. The molecule has 5 nitrogen and oxygen atoms in total. The number of methoxy groups -OCH3 is 1. The highest BCUT2D eigenvalue weighted by molar-refractivity contribution is 5.82. The second-order valence-corrected chi connectivity index (χ2v) is 4.61. The van der Waals surface area contributed by atoms with Gasteiger partial charge in [-0.1, -0.05) is 37.3 Å². The topological polar surface area (TPSA) is 72.6 Å². The predicted molar refractivity (Wildman–Crippen MR) is 76.9 cm³/mol. The molecule has 1 rings (SSSR count). The number of benzene rings is 1. The molecule has 0 aromatic heterocycles. The molecular weight excluding hydrogens is 256 g/mol. The molecule has 0 heterocycles. The molecule has 0 saturated heterocycles. The maximum atomic E-state index is 12.2. The van der Waals surface area contributed by atoms with Gasteiger partial charge in [-0.3, -0.25) is 9.59 Å². The maximum Gasteiger partial charge on any atom is 0.325 e. The largest absolute Gasteiger partial charge is 0.468 e. The van der Waals surface area contributed by atoms with Crippen molar-refractivity contribution in [1.82, 2.24) is 4.90 Å². The van der Waals surface area contributed by atoms with Crippen molar-refractivity contribution >= 4 is 11.9 Å². The van der Waals surface area contributed by atoms with Crippen LogP contribution in [0.15, 0.2) is 30.3 Å². The minimum atomic E-state index is -0.417. The SMILES string of the molecule is CCCN(CC(=O)OC)C(=O)CC(N)c1ccccc1. The molecule has 20 heavy (non-hydrogen) atoms. The third-order valence-corrected chi connectivity index (χ3v) is 3.02. The molecule has 110 valence electrons. The molecule has 1 unspecified atom stereocenters. The molecule has 1 aromatic carbocycles. The number of amides is 1. The Bertz CT molecular complexity index is 434. The lowest BCUT2D eigenvalue weighted by atomic mass is 10.0. The zero-order chi connectivity index (χ0) is 15.0. The van der Waals surface area contributed by atoms with E-state index in [0.29, 0.717) is 6.54 Å². The fourth-order valence-corrected chi connectivity index (χ4v) is 1.92. The highest BCUT2D eigenvalue weighted by atomic mass is 16.5. The van der Waals surface area contributed by atoms with E-state index in [4.69, 9.17) is 5.73 Å². The van der Waals surface area contributed by atoms with Crippen LogP contribution in [0, 0.1) is 0 Å². The van der Waals surface area contributed by atoms with Crippen molar-refractivity contribution in [3.05, 3.63) is 35.9 Å². The lowest BCUT2D eigenvalue weighted by molar-refractivity contribution is -0.147. The highest BCUT2D eigenvalue weighted by Gasteiger charge is 2.19. The molecule has 1 aromatic rings. The highest BCUT2D eigenvalue weighted by Crippen LogP contribution is 2.14. The van der Waals surface area contributed by atoms with Crippen LogP contribution in [0.4, 0.5) is 0 Å². The van der Waals surface area contributed by atoms with E-state index in [2.05, 4.69) is 4.74 Å². The van der Waals surface area contributed by atoms with Gasteiger partial charge in [0.25, 0.3) is 0 Å². The van der Waals surface area contributed by atoms with E-state index in [-0.39, 0.29) is 24.9 Å². The zero-order valence-corrected chi connectivity index (χ0v) is 12.0. The summed E-state index contributed by atoms with van der Waals surface area (Å²) in [6.07, 6.45) is 0.963. The Morgan fingerprint density at radius 1 is 1.30 bits per heavy atom. The van der Waals surface area contributed by atoms with E-state index >= 15 is 0 Å². The molecule has 0 aliphatic rings. The van der Waals surface area contributed by atoms with Crippen LogP contribution in [0.25, 0.3) is 0 Å². The fraction of sp³-hybridized carbons (Fsp3) is 0.467. The summed E-state index contributed by atoms with van der Waals surface area (Å²) in [4.78, 5) is 25.0. The maximum absolute atomic E-state index is 12.2. The lowest BCUT2D eigenvalue weighted by Gasteiger charge is -2.22. The van der Waals surface area contributed by atoms with Gasteiger partial charge in [0.15, 0.2) is 0 Å². The monoisotopic (exact) mass is 278 g/mol. The summed E-state index contributed by atoms with van der Waals surface area (Å²) in [5.41, 5.74) is 6.94. The second-order valence-electron chi connectivity index (χ2n) is 4.61. The van der Waals surface area contributed by atoms with Gasteiger partial charge in [0.05, 0.1) is 7.11 Å². The first-order valence-corrected chi connectivity index (χ1v) is 6.73. The van der Waals surface area contributed by atoms with Crippen molar-refractivity contribution in [2.24, 2.45) is 5.73 Å². The Hall–Kier alpha value is -1.88. The van der Waals surface area contributed by atoms with Crippen molar-refractivity contribution in [1.29, 1.82) is 0 Å². The van der Waals surface area contributed by atoms with E-state index in [0.717, 1.165) is 12.0 Å². The van der Waals surface area contributed by atoms with Crippen molar-refractivity contribution in [2.75, 3.05) is 20.2 Å². The van der Waals surface area contributed by atoms with Gasteiger partial charge in [-0.25, -0.2) is 0 Å². The number of esters is 1. The second kappa shape index (κ2) is 8.32. The number of hydrogen-bond acceptors (Lipinski definition) is 4. The van der Waals surface area contributed by atoms with Crippen molar-refractivity contribution in [3.63, 3.8) is 0 Å². The average Bonchev–Trinajstić information content (AvgIpc) is 2.47. The first-order chi connectivity index (χ1) is 9.58. The lowest BCUT2D eigenvalue weighted by Crippen LogP contribution is -2.38. The first kappa shape index (κ1) is 16.2. The molecule has 0 aliphatic carbocycles. The summed E-state index contributed by atoms with van der Waals surface area (Å²) in [7, 11) is 1.31. The van der Waals surface area contributed by atoms with Gasteiger partial charge in [0.1, 0.15) is 6.54 Å². The molecular formula is C15H22N2O3. The molecule has 2 N–H and O–H groups in total. The summed E-state index contributed by atoms with van der Waals surface area (Å²) in [5.74, 6) is -0.548. The van der Waals surface area contributed by atoms with Gasteiger partial charge in [0, 0.05) is 19.0 Å². The van der Waals surface area contributed by atoms with Crippen molar-refractivity contribution < 1.29 is 14.3 Å². The van der Waals surface area contributed by atoms with Gasteiger partial charge in [-0.2, -0.15) is 0 Å². The van der Waals surface area contributed by atoms with E-state index in [9.17, 15) is 9.59 Å². The van der Waals surface area contributed by atoms with Crippen molar-refractivity contribution in [2.45, 2.75) is 25.8 Å². The van der Waals surface area contributed by atoms with Crippen LogP contribution in [-0.4, -0.2) is 37.0 Å². The fourth-order valence-electron chi connectivity index (χ4n) is 1.92. The van der Waals surface area contributed by atoms with E-state index in [1.54, 1.807) is 0 Å². The Kier molecular flexibility index (Phi) is 6.73. The Balaban J connectivity index is 2.63. The number of nitrogens with two attached hydrogens (primary N) is 1. The van der Waals surface area contributed by atoms with E-state index in [1.165, 1.54) is 12.0 Å². The number of nitrogens with zero attached hydrogens (tertiary/aromatic N) is 1. The smallest absolute Gasteiger partial charge is 0.325 e. The van der Waals surface area contributed by atoms with Crippen LogP contribution in [0.3, 0.4) is 0 Å². The third-order valence-electron chi connectivity index (χ3n) is 3.02. The molecule has 1 amide bonds. The minimum absolute atomic E-state index is 0.0231. The number of rotatable bonds is 7. The number of hydrogen-bond donors (Lipinski definition) is 1. The minimum Gasteiger partial charge on any atom is -0.468 e. The van der Waals surface area contributed by atoms with Crippen LogP contribution in [0.5, 0.6) is 0 Å². The normalized spacial score (nSPS) is 11.8. The van der Waals surface area contributed by atoms with E-state index < -0.39 is 5.97 Å². The Morgan fingerprint density at radius 2 is 1.95 bits per heavy atom. The number of carbonyl (C=O) groups excluding carboxylic acids is 2. The molecule has 0 bridgehead atoms. The Morgan fingerprint density at radius 3 is 2.50 bits per heavy atom. The van der Waals surface area contributed by atoms with Crippen LogP contribution in [0.1, 0.15) is 31.4 Å². The quantitative estimate of drug-likeness (QED) is 0.767. The van der Waals surface area contributed by atoms with Crippen LogP contribution in [-0.2, 0) is 14.3 Å². The first-order valence-electron chi connectivity index (χ1n) is 6.73. The molecule has 0 aliphatic heterocycles. The summed E-state index contributed by atoms with van der Waals surface area (Å²) >= 11 is 0. The standard InChI is InChI=1S/C15H22N2O3/c1-3-9-17(11-15(19)20-2)14(18)10-13(16)12-7-5-4-6-8-12/h4-8,13H,3,9-11,16H2,1-2H3. The molecule has 5 heteroatoms. The number of carbonyl (C=O) groups is 2. The summed E-state index contributed by atoms with van der Waals surface area (Å²) in [5, 5.41) is 0. The third kappa shape index (κ3) is 5.01. The Labute approximate surface area is 119 Å². The van der Waals surface area contributed by atoms with Crippen LogP contribution >= 0.6 is 0 Å². The molecule has 0 fully saturated rings. The van der Waals surface area contributed by atoms with Gasteiger partial charge in [-0.15, -0.1) is 0 Å². The molecule has 1 atom stereocenters. The van der Waals surface area contributed by atoms with Crippen LogP contribution < -0.4 is 5.73 Å². The van der Waals surface area contributed by atoms with Gasteiger partial charge < -0.3 is 15.4 Å². The van der Waals surface area contributed by atoms with Crippen LogP contribution in [0.2, 0.25) is 0 Å². The van der Waals surface area contributed by atoms with Gasteiger partial charge >= 0.3 is 5.97 Å². The predicted octanol–water partition coefficient (Wildman–Crippen LogP) is 1.49. The zero-order valence-electron chi connectivity index (χ0n) is 12.0. The van der Waals surface area contributed by atoms with Gasteiger partial charge in [-0.05, 0) is 12.0 Å².